The van der Waals surface area contributed by atoms with Crippen LogP contribution in [0.5, 0.6) is 0 Å². The number of thiazole rings is 1. The van der Waals surface area contributed by atoms with Crippen LogP contribution in [-0.4, -0.2) is 22.6 Å². The third kappa shape index (κ3) is 3.67. The number of hydrogen-bond acceptors (Lipinski definition) is 7. The highest BCUT2D eigenvalue weighted by molar-refractivity contribution is 7.07. The summed E-state index contributed by atoms with van der Waals surface area (Å²) in [7, 11) is 1.30. The van der Waals surface area contributed by atoms with Gasteiger partial charge in [0.15, 0.2) is 4.80 Å². The third-order valence-electron chi connectivity index (χ3n) is 5.19. The molecule has 0 N–H and O–H groups in total. The van der Waals surface area contributed by atoms with Gasteiger partial charge in [0.05, 0.1) is 39.4 Å². The molecule has 0 aliphatic carbocycles. The molecule has 0 saturated heterocycles. The lowest BCUT2D eigenvalue weighted by Gasteiger charge is -2.25. The average Bonchev–Trinajstić information content (AvgIpc) is 3.12. The van der Waals surface area contributed by atoms with Crippen LogP contribution in [0.1, 0.15) is 30.5 Å². The number of fused-ring (bicyclic) bond motifs is 1. The number of benzene rings is 2. The van der Waals surface area contributed by atoms with Crippen LogP contribution in [0.4, 0.5) is 5.69 Å². The lowest BCUT2D eigenvalue weighted by Crippen LogP contribution is -2.40. The minimum Gasteiger partial charge on any atom is -0.466 e. The van der Waals surface area contributed by atoms with E-state index < -0.39 is 16.9 Å². The average molecular weight is 449 g/mol. The van der Waals surface area contributed by atoms with E-state index >= 15 is 0 Å². The molecule has 9 heteroatoms. The Bertz CT molecular complexity index is 1420. The van der Waals surface area contributed by atoms with Crippen LogP contribution in [0, 0.1) is 10.1 Å². The first kappa shape index (κ1) is 21.4. The van der Waals surface area contributed by atoms with E-state index in [0.717, 1.165) is 16.9 Å². The molecule has 0 unspecified atom stereocenters. The van der Waals surface area contributed by atoms with Gasteiger partial charge in [0.1, 0.15) is 0 Å². The smallest absolute Gasteiger partial charge is 0.338 e. The highest BCUT2D eigenvalue weighted by atomic mass is 32.1. The number of nitrogens with zero attached hydrogens (tertiary/aromatic N) is 3. The fourth-order valence-electron chi connectivity index (χ4n) is 3.73. The largest absolute Gasteiger partial charge is 0.466 e. The van der Waals surface area contributed by atoms with Gasteiger partial charge in [0, 0.05) is 6.07 Å². The van der Waals surface area contributed by atoms with Crippen molar-refractivity contribution in [2.45, 2.75) is 19.4 Å². The Balaban J connectivity index is 2.02. The number of nitro benzene ring substituents is 1. The second-order valence-electron chi connectivity index (χ2n) is 7.01. The third-order valence-corrected chi connectivity index (χ3v) is 6.17. The number of esters is 1. The molecule has 1 aliphatic heterocycles. The van der Waals surface area contributed by atoms with E-state index in [4.69, 9.17) is 4.74 Å². The van der Waals surface area contributed by atoms with E-state index in [0.29, 0.717) is 32.6 Å². The Labute approximate surface area is 186 Å². The van der Waals surface area contributed by atoms with E-state index in [9.17, 15) is 19.7 Å². The maximum Gasteiger partial charge on any atom is 0.338 e. The number of aromatic nitrogens is 1. The van der Waals surface area contributed by atoms with Crippen LogP contribution in [0.15, 0.2) is 75.7 Å². The quantitative estimate of drug-likeness (QED) is 0.338. The Morgan fingerprint density at radius 3 is 2.56 bits per heavy atom. The molecule has 0 radical (unpaired) electrons. The number of rotatable bonds is 5. The number of carbonyl (C=O) groups excluding carboxylic acids is 1. The summed E-state index contributed by atoms with van der Waals surface area (Å²) in [6.45, 7) is 1.88. The summed E-state index contributed by atoms with van der Waals surface area (Å²) in [5.41, 5.74) is 1.45. The van der Waals surface area contributed by atoms with Gasteiger partial charge < -0.3 is 4.74 Å². The van der Waals surface area contributed by atoms with Crippen LogP contribution >= 0.6 is 11.3 Å². The van der Waals surface area contributed by atoms with Crippen LogP contribution in [0.3, 0.4) is 0 Å². The summed E-state index contributed by atoms with van der Waals surface area (Å²) >= 11 is 1.14. The molecule has 0 bridgehead atoms. The minimum atomic E-state index is -0.706. The topological polar surface area (TPSA) is 104 Å². The molecule has 0 saturated carbocycles. The molecule has 0 fully saturated rings. The van der Waals surface area contributed by atoms with Gasteiger partial charge in [0.25, 0.3) is 11.2 Å². The number of methoxy groups -OCH3 is 1. The number of ether oxygens (including phenoxy) is 1. The SMILES string of the molecule is CCC1=C(C(=O)OC)[C@H](c2ccccc2)n2c(s/c(=C\c3ccccc3[N+](=O)[O-])c2=O)=N1. The van der Waals surface area contributed by atoms with Gasteiger partial charge in [-0.15, -0.1) is 0 Å². The van der Waals surface area contributed by atoms with Crippen LogP contribution in [-0.2, 0) is 9.53 Å². The molecule has 32 heavy (non-hydrogen) atoms. The predicted molar refractivity (Wildman–Crippen MR) is 120 cm³/mol. The monoisotopic (exact) mass is 449 g/mol. The fraction of sp³-hybridized carbons (Fsp3) is 0.174. The predicted octanol–water partition coefficient (Wildman–Crippen LogP) is 2.71. The molecule has 2 aromatic carbocycles. The van der Waals surface area contributed by atoms with E-state index in [1.807, 2.05) is 37.3 Å². The molecule has 8 nitrogen and oxygen atoms in total. The van der Waals surface area contributed by atoms with Crippen molar-refractivity contribution in [3.63, 3.8) is 0 Å². The van der Waals surface area contributed by atoms with E-state index in [1.54, 1.807) is 18.2 Å². The molecule has 2 heterocycles. The molecule has 1 aromatic heterocycles. The summed E-state index contributed by atoms with van der Waals surface area (Å²) in [6.07, 6.45) is 1.97. The van der Waals surface area contributed by atoms with Gasteiger partial charge in [-0.1, -0.05) is 60.7 Å². The molecular weight excluding hydrogens is 430 g/mol. The highest BCUT2D eigenvalue weighted by Crippen LogP contribution is 2.31. The maximum absolute atomic E-state index is 13.5. The zero-order valence-electron chi connectivity index (χ0n) is 17.3. The molecule has 1 aliphatic rings. The minimum absolute atomic E-state index is 0.0950. The first-order valence-corrected chi connectivity index (χ1v) is 10.7. The van der Waals surface area contributed by atoms with Gasteiger partial charge >= 0.3 is 5.97 Å². The Morgan fingerprint density at radius 2 is 1.91 bits per heavy atom. The van der Waals surface area contributed by atoms with Crippen LogP contribution in [0.2, 0.25) is 0 Å². The molecule has 3 aromatic rings. The van der Waals surface area contributed by atoms with Crippen molar-refractivity contribution in [1.82, 2.24) is 4.57 Å². The lowest BCUT2D eigenvalue weighted by atomic mass is 9.95. The van der Waals surface area contributed by atoms with Gasteiger partial charge in [-0.25, -0.2) is 9.79 Å². The summed E-state index contributed by atoms with van der Waals surface area (Å²) in [5, 5.41) is 11.4. The lowest BCUT2D eigenvalue weighted by molar-refractivity contribution is -0.385. The molecule has 0 spiro atoms. The second-order valence-corrected chi connectivity index (χ2v) is 8.02. The Morgan fingerprint density at radius 1 is 1.22 bits per heavy atom. The van der Waals surface area contributed by atoms with Crippen molar-refractivity contribution >= 4 is 29.1 Å². The molecule has 0 amide bonds. The number of nitro groups is 1. The normalized spacial score (nSPS) is 15.8. The van der Waals surface area contributed by atoms with E-state index in [1.165, 1.54) is 23.8 Å². The van der Waals surface area contributed by atoms with Gasteiger partial charge in [0.2, 0.25) is 0 Å². The van der Waals surface area contributed by atoms with Gasteiger partial charge in [-0.3, -0.25) is 19.5 Å². The molecule has 4 rings (SSSR count). The van der Waals surface area contributed by atoms with Gasteiger partial charge in [-0.05, 0) is 24.1 Å². The molecular formula is C23H19N3O5S. The van der Waals surface area contributed by atoms with Crippen LogP contribution < -0.4 is 14.9 Å². The first-order valence-electron chi connectivity index (χ1n) is 9.87. The first-order chi connectivity index (χ1) is 15.5. The zero-order valence-corrected chi connectivity index (χ0v) is 18.2. The van der Waals surface area contributed by atoms with Crippen molar-refractivity contribution < 1.29 is 14.5 Å². The highest BCUT2D eigenvalue weighted by Gasteiger charge is 2.33. The molecule has 1 atom stereocenters. The van der Waals surface area contributed by atoms with Crippen molar-refractivity contribution in [1.29, 1.82) is 0 Å². The summed E-state index contributed by atoms with van der Waals surface area (Å²) in [5.74, 6) is -0.549. The van der Waals surface area contributed by atoms with Crippen molar-refractivity contribution in [2.75, 3.05) is 7.11 Å². The summed E-state index contributed by atoms with van der Waals surface area (Å²) < 4.78 is 6.78. The van der Waals surface area contributed by atoms with Crippen molar-refractivity contribution in [3.05, 3.63) is 107 Å². The Hall–Kier alpha value is -3.85. The second kappa shape index (κ2) is 8.72. The van der Waals surface area contributed by atoms with E-state index in [-0.39, 0.29) is 11.2 Å². The Kier molecular flexibility index (Phi) is 5.83. The zero-order chi connectivity index (χ0) is 22.8. The van der Waals surface area contributed by atoms with Crippen molar-refractivity contribution in [3.8, 4) is 0 Å². The number of hydrogen-bond donors (Lipinski definition) is 0. The fourth-order valence-corrected chi connectivity index (χ4v) is 4.74. The summed E-state index contributed by atoms with van der Waals surface area (Å²) in [4.78, 5) is 42.1. The number of para-hydroxylation sites is 1. The number of allylic oxidation sites excluding steroid dienone is 1. The standard InChI is InChI=1S/C23H19N3O5S/c1-3-16-19(22(28)31-2)20(14-9-5-4-6-10-14)25-21(27)18(32-23(25)24-16)13-15-11-7-8-12-17(15)26(29)30/h4-13,20H,3H2,1-2H3/b18-13-/t20-/m0/s1. The molecule has 162 valence electrons. The van der Waals surface area contributed by atoms with Crippen LogP contribution in [0.25, 0.3) is 6.08 Å². The van der Waals surface area contributed by atoms with Crippen molar-refractivity contribution in [2.24, 2.45) is 4.99 Å². The maximum atomic E-state index is 13.5. The van der Waals surface area contributed by atoms with Gasteiger partial charge in [-0.2, -0.15) is 0 Å². The number of carbonyl (C=O) groups is 1. The van der Waals surface area contributed by atoms with E-state index in [2.05, 4.69) is 4.99 Å². The summed E-state index contributed by atoms with van der Waals surface area (Å²) in [6, 6.07) is 14.7.